The van der Waals surface area contributed by atoms with E-state index in [1.807, 2.05) is 0 Å². The summed E-state index contributed by atoms with van der Waals surface area (Å²) in [5.41, 5.74) is 0. The number of aliphatic hydroxyl groups excluding tert-OH is 1. The molecule has 7 N–H and O–H groups in total. The van der Waals surface area contributed by atoms with Crippen LogP contribution in [-0.2, 0) is 0 Å². The van der Waals surface area contributed by atoms with Crippen molar-refractivity contribution in [3.8, 4) is 0 Å². The van der Waals surface area contributed by atoms with Gasteiger partial charge in [0.15, 0.2) is 0 Å². The van der Waals surface area contributed by atoms with Gasteiger partial charge in [-0.25, -0.2) is 0 Å². The summed E-state index contributed by atoms with van der Waals surface area (Å²) in [6, 6.07) is 0. The van der Waals surface area contributed by atoms with Gasteiger partial charge in [0.25, 0.3) is 0 Å². The van der Waals surface area contributed by atoms with Crippen molar-refractivity contribution in [1.82, 2.24) is 0 Å². The van der Waals surface area contributed by atoms with Crippen LogP contribution in [0.2, 0.25) is 0 Å². The lowest BCUT2D eigenvalue weighted by atomic mass is 10.5. The Morgan fingerprint density at radius 1 is 1.00 bits per heavy atom. The van der Waals surface area contributed by atoms with Crippen molar-refractivity contribution >= 4 is 0 Å². The second-order valence-electron chi connectivity index (χ2n) is 1.09. The Kier molecular flexibility index (Phi) is 70.1. The molecule has 0 fully saturated rings. The molecule has 50 valence electrons. The molecule has 0 unspecified atom stereocenters. The van der Waals surface area contributed by atoms with Crippen molar-refractivity contribution in [1.29, 1.82) is 0 Å². The Morgan fingerprint density at radius 2 is 1.00 bits per heavy atom. The van der Waals surface area contributed by atoms with Gasteiger partial charge in [-0.05, 0) is 13.8 Å². The molecule has 4 heteroatoms. The maximum Gasteiger partial charge on any atom is 0.0483 e. The highest BCUT2D eigenvalue weighted by atomic mass is 16.3. The number of rotatable bonds is 0. The van der Waals surface area contributed by atoms with Crippen molar-refractivity contribution in [3.05, 3.63) is 0 Å². The fourth-order valence-corrected chi connectivity index (χ4v) is 0. The van der Waals surface area contributed by atoms with E-state index in [-0.39, 0.29) is 22.5 Å². The normalized spacial score (nSPS) is 5.14. The molecule has 0 aliphatic rings. The van der Waals surface area contributed by atoms with Crippen molar-refractivity contribution in [2.75, 3.05) is 0 Å². The van der Waals surface area contributed by atoms with Gasteiger partial charge in [0.05, 0.1) is 0 Å². The summed E-state index contributed by atoms with van der Waals surface area (Å²) in [4.78, 5) is 0. The van der Waals surface area contributed by atoms with Gasteiger partial charge in [-0.1, -0.05) is 0 Å². The fraction of sp³-hybridized carbons (Fsp3) is 1.00. The monoisotopic (exact) mass is 114 g/mol. The molecule has 0 aromatic carbocycles. The van der Waals surface area contributed by atoms with E-state index < -0.39 is 0 Å². The van der Waals surface area contributed by atoms with Crippen LogP contribution in [0.25, 0.3) is 0 Å². The summed E-state index contributed by atoms with van der Waals surface area (Å²) >= 11 is 0. The third-order valence-electron chi connectivity index (χ3n) is 0. The predicted octanol–water partition coefficient (Wildman–Crippen LogP) is -2.09. The largest absolute Gasteiger partial charge is 0.412 e. The molecule has 0 saturated carbocycles. The maximum atomic E-state index is 8.06. The van der Waals surface area contributed by atoms with Gasteiger partial charge >= 0.3 is 0 Å². The van der Waals surface area contributed by atoms with Crippen LogP contribution in [0.4, 0.5) is 0 Å². The second-order valence-corrected chi connectivity index (χ2v) is 1.09. The first-order valence-corrected chi connectivity index (χ1v) is 1.41. The van der Waals surface area contributed by atoms with Gasteiger partial charge in [0, 0.05) is 6.10 Å². The molecule has 0 heterocycles. The molecule has 0 radical (unpaired) electrons. The summed E-state index contributed by atoms with van der Waals surface area (Å²) in [6.45, 7) is 3.44. The van der Waals surface area contributed by atoms with Crippen molar-refractivity contribution in [2.24, 2.45) is 0 Å². The van der Waals surface area contributed by atoms with Gasteiger partial charge in [0.2, 0.25) is 0 Å². The summed E-state index contributed by atoms with van der Waals surface area (Å²) in [5, 5.41) is 8.06. The average Bonchev–Trinajstić information content (AvgIpc) is 0.811. The highest BCUT2D eigenvalue weighted by Gasteiger charge is 1.69. The van der Waals surface area contributed by atoms with Gasteiger partial charge in [-0.3, -0.25) is 0 Å². The second kappa shape index (κ2) is 17.0. The predicted molar refractivity (Wildman–Crippen MR) is 28.2 cm³/mol. The Balaban J connectivity index is -0.0000000150. The van der Waals surface area contributed by atoms with Gasteiger partial charge in [0.1, 0.15) is 0 Å². The van der Waals surface area contributed by atoms with Crippen LogP contribution < -0.4 is 0 Å². The minimum absolute atomic E-state index is 0. The molecule has 0 aromatic heterocycles. The third kappa shape index (κ3) is 3360. The Labute approximate surface area is 42.7 Å². The van der Waals surface area contributed by atoms with E-state index in [1.165, 1.54) is 0 Å². The molecule has 0 spiro atoms. The highest BCUT2D eigenvalue weighted by Crippen LogP contribution is 1.65. The van der Waals surface area contributed by atoms with Crippen molar-refractivity contribution < 1.29 is 21.5 Å². The molecule has 0 bridgehead atoms. The molecule has 0 aliphatic heterocycles. The van der Waals surface area contributed by atoms with Crippen LogP contribution in [-0.4, -0.2) is 27.6 Å². The van der Waals surface area contributed by atoms with Gasteiger partial charge in [-0.15, -0.1) is 0 Å². The van der Waals surface area contributed by atoms with E-state index in [9.17, 15) is 0 Å². The minimum Gasteiger partial charge on any atom is -0.412 e. The first-order chi connectivity index (χ1) is 1.73. The van der Waals surface area contributed by atoms with Crippen LogP contribution in [0.5, 0.6) is 0 Å². The third-order valence-corrected chi connectivity index (χ3v) is 0. The quantitative estimate of drug-likeness (QED) is 0.382. The maximum absolute atomic E-state index is 8.06. The lowest BCUT2D eigenvalue weighted by Gasteiger charge is -1.80. The van der Waals surface area contributed by atoms with E-state index in [0.717, 1.165) is 0 Å². The summed E-state index contributed by atoms with van der Waals surface area (Å²) < 4.78 is 0. The average molecular weight is 114 g/mol. The van der Waals surface area contributed by atoms with Crippen LogP contribution >= 0.6 is 0 Å². The zero-order valence-electron chi connectivity index (χ0n) is 4.52. The molecule has 0 atom stereocenters. The lowest BCUT2D eigenvalue weighted by Crippen LogP contribution is -1.85. The topological polar surface area (TPSA) is 115 Å². The Hall–Kier alpha value is -0.160. The van der Waals surface area contributed by atoms with Crippen LogP contribution in [0, 0.1) is 0 Å². The molecule has 4 nitrogen and oxygen atoms in total. The molecule has 7 heavy (non-hydrogen) atoms. The molecule has 0 aromatic rings. The van der Waals surface area contributed by atoms with E-state index in [0.29, 0.717) is 0 Å². The summed E-state index contributed by atoms with van der Waals surface area (Å²) in [7, 11) is 0. The Morgan fingerprint density at radius 3 is 1.00 bits per heavy atom. The molecule has 0 aliphatic carbocycles. The first kappa shape index (κ1) is 28.9. The zero-order chi connectivity index (χ0) is 3.58. The SMILES string of the molecule is CC(C)O.O.O.O. The smallest absolute Gasteiger partial charge is 0.0483 e. The Bertz CT molecular complexity index is 11.7. The van der Waals surface area contributed by atoms with E-state index >= 15 is 0 Å². The molecule has 0 amide bonds. The molecule has 0 rings (SSSR count). The van der Waals surface area contributed by atoms with Crippen molar-refractivity contribution in [2.45, 2.75) is 20.0 Å². The van der Waals surface area contributed by atoms with Crippen LogP contribution in [0.3, 0.4) is 0 Å². The lowest BCUT2D eigenvalue weighted by molar-refractivity contribution is 0.216. The highest BCUT2D eigenvalue weighted by molar-refractivity contribution is 4.20. The van der Waals surface area contributed by atoms with Crippen LogP contribution in [0.1, 0.15) is 13.8 Å². The van der Waals surface area contributed by atoms with E-state index in [2.05, 4.69) is 0 Å². The number of hydrogen-bond acceptors (Lipinski definition) is 1. The standard InChI is InChI=1S/C3H8O.3H2O/c1-3(2)4;;;/h3-4H,1-2H3;3*1H2. The molecular weight excluding hydrogens is 100 g/mol. The summed E-state index contributed by atoms with van der Waals surface area (Å²) in [5.74, 6) is 0. The summed E-state index contributed by atoms with van der Waals surface area (Å²) in [6.07, 6.45) is -0.167. The number of hydrogen-bond donors (Lipinski definition) is 1. The van der Waals surface area contributed by atoms with E-state index in [4.69, 9.17) is 5.11 Å². The zero-order valence-corrected chi connectivity index (χ0v) is 4.52. The van der Waals surface area contributed by atoms with Crippen LogP contribution in [0.15, 0.2) is 0 Å². The van der Waals surface area contributed by atoms with Crippen molar-refractivity contribution in [3.63, 3.8) is 0 Å². The minimum atomic E-state index is -0.167. The molecular formula is C3H14O4. The molecule has 0 saturated heterocycles. The van der Waals surface area contributed by atoms with Gasteiger partial charge in [-0.2, -0.15) is 0 Å². The van der Waals surface area contributed by atoms with Gasteiger partial charge < -0.3 is 21.5 Å². The number of aliphatic hydroxyl groups is 1. The first-order valence-electron chi connectivity index (χ1n) is 1.41. The van der Waals surface area contributed by atoms with E-state index in [1.54, 1.807) is 13.8 Å². The fourth-order valence-electron chi connectivity index (χ4n) is 0.